The van der Waals surface area contributed by atoms with E-state index in [1.807, 2.05) is 39.8 Å². The van der Waals surface area contributed by atoms with E-state index >= 15 is 0 Å². The Hall–Kier alpha value is -2.24. The molecule has 0 aliphatic heterocycles. The molecule has 1 aromatic heterocycles. The maximum atomic E-state index is 10.3. The van der Waals surface area contributed by atoms with Gasteiger partial charge >= 0.3 is 8.03 Å². The van der Waals surface area contributed by atoms with Gasteiger partial charge in [-0.3, -0.25) is 4.98 Å². The molecule has 0 bridgehead atoms. The highest BCUT2D eigenvalue weighted by atomic mass is 31.1. The lowest BCUT2D eigenvalue weighted by Gasteiger charge is -2.10. The third kappa shape index (κ3) is 8.33. The number of aromatic hydroxyl groups is 1. The van der Waals surface area contributed by atoms with Crippen LogP contribution < -0.4 is 10.1 Å². The van der Waals surface area contributed by atoms with Crippen LogP contribution in [0.5, 0.6) is 11.5 Å². The predicted molar refractivity (Wildman–Crippen MR) is 108 cm³/mol. The standard InChI is InChI=1S/C15H19N3O2.C4H10O2P/c1-10-6-12(7-13(20-3)15(10)19)4-5-16-14-9-17-11(2)8-18-14;1-3-6-7(5)4-2/h6-9,19H,4-5H2,1-3H3,(H,16,18);3-4H2,1-2H3/q;+1. The largest absolute Gasteiger partial charge is 0.507 e. The summed E-state index contributed by atoms with van der Waals surface area (Å²) in [6.45, 7) is 8.74. The molecule has 148 valence electrons. The number of nitrogens with zero attached hydrogens (tertiary/aromatic N) is 2. The Kier molecular flexibility index (Phi) is 10.3. The van der Waals surface area contributed by atoms with Crippen LogP contribution in [0.2, 0.25) is 0 Å². The molecule has 0 radical (unpaired) electrons. The predicted octanol–water partition coefficient (Wildman–Crippen LogP) is 4.25. The van der Waals surface area contributed by atoms with Crippen LogP contribution in [0.25, 0.3) is 0 Å². The van der Waals surface area contributed by atoms with Crippen molar-refractivity contribution in [1.29, 1.82) is 0 Å². The second kappa shape index (κ2) is 12.2. The first-order valence-electron chi connectivity index (χ1n) is 8.87. The highest BCUT2D eigenvalue weighted by Crippen LogP contribution is 2.30. The molecule has 0 amide bonds. The van der Waals surface area contributed by atoms with Gasteiger partial charge in [-0.25, -0.2) is 4.98 Å². The Morgan fingerprint density at radius 2 is 1.93 bits per heavy atom. The average molecular weight is 394 g/mol. The fourth-order valence-corrected chi connectivity index (χ4v) is 2.64. The molecule has 1 aromatic carbocycles. The molecule has 7 nitrogen and oxygen atoms in total. The smallest absolute Gasteiger partial charge is 0.504 e. The molecule has 0 saturated carbocycles. The second-order valence-corrected chi connectivity index (χ2v) is 7.31. The van der Waals surface area contributed by atoms with Crippen LogP contribution in [-0.4, -0.2) is 41.5 Å². The third-order valence-electron chi connectivity index (χ3n) is 3.58. The van der Waals surface area contributed by atoms with E-state index in [1.54, 1.807) is 19.5 Å². The van der Waals surface area contributed by atoms with Gasteiger partial charge in [-0.15, -0.1) is 4.52 Å². The van der Waals surface area contributed by atoms with E-state index in [-0.39, 0.29) is 5.75 Å². The topological polar surface area (TPSA) is 93.6 Å². The normalized spacial score (nSPS) is 10.6. The van der Waals surface area contributed by atoms with Crippen molar-refractivity contribution in [3.63, 3.8) is 0 Å². The van der Waals surface area contributed by atoms with Gasteiger partial charge in [0.2, 0.25) is 0 Å². The van der Waals surface area contributed by atoms with Crippen LogP contribution in [0.15, 0.2) is 24.5 Å². The zero-order chi connectivity index (χ0) is 20.2. The second-order valence-electron chi connectivity index (χ2n) is 5.75. The fraction of sp³-hybridized carbons (Fsp3) is 0.474. The summed E-state index contributed by atoms with van der Waals surface area (Å²) in [6, 6.07) is 3.81. The lowest BCUT2D eigenvalue weighted by molar-refractivity contribution is 0.351. The number of hydrogen-bond acceptors (Lipinski definition) is 7. The van der Waals surface area contributed by atoms with E-state index in [9.17, 15) is 9.67 Å². The van der Waals surface area contributed by atoms with Gasteiger partial charge in [-0.05, 0) is 55.9 Å². The first-order chi connectivity index (χ1) is 12.9. The van der Waals surface area contributed by atoms with Gasteiger partial charge in [0.05, 0.1) is 31.8 Å². The van der Waals surface area contributed by atoms with Crippen molar-refractivity contribution in [2.45, 2.75) is 34.1 Å². The number of rotatable bonds is 8. The van der Waals surface area contributed by atoms with Crippen LogP contribution in [0.3, 0.4) is 0 Å². The molecule has 2 aromatic rings. The highest BCUT2D eigenvalue weighted by Gasteiger charge is 2.09. The highest BCUT2D eigenvalue weighted by molar-refractivity contribution is 7.39. The summed E-state index contributed by atoms with van der Waals surface area (Å²) < 4.78 is 20.2. The van der Waals surface area contributed by atoms with Crippen LogP contribution >= 0.6 is 8.03 Å². The minimum atomic E-state index is -1.33. The van der Waals surface area contributed by atoms with Crippen molar-refractivity contribution < 1.29 is 18.9 Å². The molecule has 0 spiro atoms. The molecule has 0 aliphatic rings. The van der Waals surface area contributed by atoms with Crippen LogP contribution in [-0.2, 0) is 15.5 Å². The van der Waals surface area contributed by atoms with Crippen molar-refractivity contribution in [1.82, 2.24) is 9.97 Å². The summed E-state index contributed by atoms with van der Waals surface area (Å²) >= 11 is 0. The van der Waals surface area contributed by atoms with Gasteiger partial charge in [0.25, 0.3) is 0 Å². The maximum Gasteiger partial charge on any atom is 0.507 e. The Morgan fingerprint density at radius 3 is 2.44 bits per heavy atom. The van der Waals surface area contributed by atoms with Gasteiger partial charge < -0.3 is 15.2 Å². The minimum absolute atomic E-state index is 0.202. The lowest BCUT2D eigenvalue weighted by Crippen LogP contribution is -2.07. The summed E-state index contributed by atoms with van der Waals surface area (Å²) in [5, 5.41) is 13.0. The average Bonchev–Trinajstić information content (AvgIpc) is 2.66. The zero-order valence-corrected chi connectivity index (χ0v) is 17.5. The van der Waals surface area contributed by atoms with E-state index < -0.39 is 8.03 Å². The molecular weight excluding hydrogens is 365 g/mol. The molecule has 1 atom stereocenters. The number of methoxy groups -OCH3 is 1. The molecule has 27 heavy (non-hydrogen) atoms. The summed E-state index contributed by atoms with van der Waals surface area (Å²) in [7, 11) is 0.226. The quantitative estimate of drug-likeness (QED) is 0.647. The molecule has 0 fully saturated rings. The summed E-state index contributed by atoms with van der Waals surface area (Å²) in [6.07, 6.45) is 4.89. The number of phenolic OH excluding ortho intramolecular Hbond substituents is 1. The van der Waals surface area contributed by atoms with E-state index in [0.717, 1.165) is 35.6 Å². The number of ether oxygens (including phenoxy) is 1. The Morgan fingerprint density at radius 1 is 1.19 bits per heavy atom. The first kappa shape index (κ1) is 22.8. The molecule has 1 heterocycles. The van der Waals surface area contributed by atoms with Gasteiger partial charge in [-0.2, -0.15) is 0 Å². The van der Waals surface area contributed by atoms with Gasteiger partial charge in [0, 0.05) is 6.54 Å². The molecule has 1 unspecified atom stereocenters. The molecule has 2 rings (SSSR count). The van der Waals surface area contributed by atoms with Gasteiger partial charge in [0.1, 0.15) is 5.82 Å². The van der Waals surface area contributed by atoms with Crippen molar-refractivity contribution in [3.8, 4) is 11.5 Å². The Labute approximate surface area is 162 Å². The van der Waals surface area contributed by atoms with E-state index in [0.29, 0.717) is 18.5 Å². The van der Waals surface area contributed by atoms with Gasteiger partial charge in [0.15, 0.2) is 17.7 Å². The molecule has 8 heteroatoms. The van der Waals surface area contributed by atoms with Crippen molar-refractivity contribution in [2.75, 3.05) is 31.7 Å². The number of phenols is 1. The minimum Gasteiger partial charge on any atom is -0.504 e. The number of aromatic nitrogens is 2. The van der Waals surface area contributed by atoms with Crippen LogP contribution in [0.1, 0.15) is 30.7 Å². The summed E-state index contributed by atoms with van der Waals surface area (Å²) in [4.78, 5) is 8.42. The monoisotopic (exact) mass is 394 g/mol. The van der Waals surface area contributed by atoms with Gasteiger partial charge in [-0.1, -0.05) is 6.07 Å². The maximum absolute atomic E-state index is 10.3. The zero-order valence-electron chi connectivity index (χ0n) is 16.7. The summed E-state index contributed by atoms with van der Waals surface area (Å²) in [5.41, 5.74) is 2.81. The van der Waals surface area contributed by atoms with Crippen molar-refractivity contribution in [2.24, 2.45) is 0 Å². The lowest BCUT2D eigenvalue weighted by atomic mass is 10.1. The number of anilines is 1. The number of benzene rings is 1. The molecule has 0 saturated heterocycles. The molecule has 0 aliphatic carbocycles. The number of hydrogen-bond donors (Lipinski definition) is 2. The summed E-state index contributed by atoms with van der Waals surface area (Å²) in [5.74, 6) is 1.47. The van der Waals surface area contributed by atoms with Crippen LogP contribution in [0.4, 0.5) is 5.82 Å². The van der Waals surface area contributed by atoms with E-state index in [1.165, 1.54) is 0 Å². The molecular formula is C19H29N3O4P+. The SMILES string of the molecule is CCO[P+](=O)CC.COc1cc(CCNc2cnc(C)cn2)cc(C)c1O. The number of nitrogens with one attached hydrogen (secondary N) is 1. The fourth-order valence-electron chi connectivity index (χ4n) is 2.17. The van der Waals surface area contributed by atoms with Crippen LogP contribution in [0, 0.1) is 13.8 Å². The first-order valence-corrected chi connectivity index (χ1v) is 10.2. The molecule has 2 N–H and O–H groups in total. The van der Waals surface area contributed by atoms with Crippen molar-refractivity contribution in [3.05, 3.63) is 41.3 Å². The Bertz CT molecular complexity index is 724. The third-order valence-corrected chi connectivity index (χ3v) is 4.64. The van der Waals surface area contributed by atoms with Crippen molar-refractivity contribution >= 4 is 13.8 Å². The van der Waals surface area contributed by atoms with E-state index in [2.05, 4.69) is 15.3 Å². The Balaban J connectivity index is 0.000000445. The van der Waals surface area contributed by atoms with E-state index in [4.69, 9.17) is 9.26 Å². The number of aryl methyl sites for hydroxylation is 2.